The smallest absolute Gasteiger partial charge is 0.131 e. The molecule has 0 aromatic heterocycles. The molecular formula is C13H10ClFOS. The molecule has 1 atom stereocenters. The summed E-state index contributed by atoms with van der Waals surface area (Å²) in [7, 11) is -1.39. The first-order valence-electron chi connectivity index (χ1n) is 5.49. The van der Waals surface area contributed by atoms with Crippen LogP contribution in [-0.2, 0) is 10.8 Å². The highest BCUT2D eigenvalue weighted by atomic mass is 35.5. The van der Waals surface area contributed by atoms with Crippen LogP contribution in [0.15, 0.2) is 39.8 Å². The number of rotatable bonds is 1. The Kier molecular flexibility index (Phi) is 2.68. The molecule has 0 bridgehead atoms. The third kappa shape index (κ3) is 1.60. The largest absolute Gasteiger partial charge is 0.248 e. The summed E-state index contributed by atoms with van der Waals surface area (Å²) in [5.74, 6) is -0.332. The Morgan fingerprint density at radius 1 is 1.18 bits per heavy atom. The molecule has 0 radical (unpaired) electrons. The van der Waals surface area contributed by atoms with E-state index >= 15 is 0 Å². The maximum atomic E-state index is 13.8. The molecule has 1 fully saturated rings. The van der Waals surface area contributed by atoms with Gasteiger partial charge in [0.15, 0.2) is 0 Å². The van der Waals surface area contributed by atoms with Crippen LogP contribution in [0.5, 0.6) is 0 Å². The molecule has 3 rings (SSSR count). The first-order valence-corrected chi connectivity index (χ1v) is 7.02. The van der Waals surface area contributed by atoms with E-state index in [1.54, 1.807) is 18.2 Å². The summed E-state index contributed by atoms with van der Waals surface area (Å²) in [6.45, 7) is 0. The minimum atomic E-state index is -1.39. The minimum absolute atomic E-state index is 0.332. The zero-order valence-electron chi connectivity index (χ0n) is 9.00. The second-order valence-corrected chi connectivity index (χ2v) is 6.12. The van der Waals surface area contributed by atoms with Crippen LogP contribution < -0.4 is 0 Å². The summed E-state index contributed by atoms with van der Waals surface area (Å²) in [4.78, 5) is 0.584. The van der Waals surface area contributed by atoms with Crippen LogP contribution in [0.25, 0.3) is 4.91 Å². The molecule has 88 valence electrons. The van der Waals surface area contributed by atoms with Crippen molar-refractivity contribution in [3.8, 4) is 0 Å². The van der Waals surface area contributed by atoms with Crippen molar-refractivity contribution in [2.45, 2.75) is 19.3 Å². The van der Waals surface area contributed by atoms with Crippen LogP contribution in [0, 0.1) is 5.82 Å². The third-order valence-corrected chi connectivity index (χ3v) is 5.25. The molecular weight excluding hydrogens is 259 g/mol. The number of hydrogen-bond acceptors (Lipinski definition) is 1. The molecule has 1 saturated carbocycles. The summed E-state index contributed by atoms with van der Waals surface area (Å²) in [6.07, 6.45) is 2.72. The lowest BCUT2D eigenvalue weighted by Crippen LogP contribution is -1.95. The SMILES string of the molecule is O=S1C(Cl)=C2CCCC2=C1c1ccccc1F. The van der Waals surface area contributed by atoms with E-state index in [1.165, 1.54) is 6.07 Å². The Labute approximate surface area is 106 Å². The summed E-state index contributed by atoms with van der Waals surface area (Å²) in [6, 6.07) is 6.44. The van der Waals surface area contributed by atoms with Crippen molar-refractivity contribution in [1.82, 2.24) is 0 Å². The van der Waals surface area contributed by atoms with Gasteiger partial charge in [-0.05, 0) is 36.5 Å². The van der Waals surface area contributed by atoms with Gasteiger partial charge in [0.1, 0.15) is 10.2 Å². The van der Waals surface area contributed by atoms with Crippen LogP contribution in [-0.4, -0.2) is 4.21 Å². The molecule has 0 spiro atoms. The van der Waals surface area contributed by atoms with Gasteiger partial charge in [-0.3, -0.25) is 0 Å². The fourth-order valence-electron chi connectivity index (χ4n) is 2.43. The van der Waals surface area contributed by atoms with E-state index in [1.807, 2.05) is 0 Å². The highest BCUT2D eigenvalue weighted by Gasteiger charge is 2.34. The highest BCUT2D eigenvalue weighted by Crippen LogP contribution is 2.48. The molecule has 0 saturated heterocycles. The molecule has 0 amide bonds. The lowest BCUT2D eigenvalue weighted by atomic mass is 10.1. The molecule has 17 heavy (non-hydrogen) atoms. The minimum Gasteiger partial charge on any atom is -0.248 e. The second-order valence-electron chi connectivity index (χ2n) is 4.16. The number of benzene rings is 1. The van der Waals surface area contributed by atoms with Crippen molar-refractivity contribution in [1.29, 1.82) is 0 Å². The first-order chi connectivity index (χ1) is 8.20. The average Bonchev–Trinajstić information content (AvgIpc) is 2.86. The van der Waals surface area contributed by atoms with Gasteiger partial charge >= 0.3 is 0 Å². The Hall–Kier alpha value is -0.930. The molecule has 1 unspecified atom stereocenters. The normalized spacial score (nSPS) is 23.5. The first kappa shape index (κ1) is 11.2. The Balaban J connectivity index is 2.21. The fourth-order valence-corrected chi connectivity index (χ4v) is 4.31. The van der Waals surface area contributed by atoms with E-state index < -0.39 is 10.8 Å². The van der Waals surface area contributed by atoms with E-state index in [4.69, 9.17) is 11.6 Å². The average molecular weight is 269 g/mol. The molecule has 1 aromatic carbocycles. The van der Waals surface area contributed by atoms with Gasteiger partial charge in [-0.15, -0.1) is 0 Å². The summed E-state index contributed by atoms with van der Waals surface area (Å²) < 4.78 is 26.3. The zero-order valence-corrected chi connectivity index (χ0v) is 10.6. The predicted octanol–water partition coefficient (Wildman–Crippen LogP) is 3.93. The lowest BCUT2D eigenvalue weighted by Gasteiger charge is -2.06. The maximum absolute atomic E-state index is 13.8. The van der Waals surface area contributed by atoms with Crippen LogP contribution in [0.2, 0.25) is 0 Å². The Morgan fingerprint density at radius 3 is 2.65 bits per heavy atom. The summed E-state index contributed by atoms with van der Waals surface area (Å²) in [5.41, 5.74) is 2.40. The van der Waals surface area contributed by atoms with Gasteiger partial charge in [-0.1, -0.05) is 29.8 Å². The monoisotopic (exact) mass is 268 g/mol. The van der Waals surface area contributed by atoms with E-state index in [-0.39, 0.29) is 5.82 Å². The molecule has 1 nitrogen and oxygen atoms in total. The second kappa shape index (κ2) is 4.07. The highest BCUT2D eigenvalue weighted by molar-refractivity contribution is 8.00. The van der Waals surface area contributed by atoms with Gasteiger partial charge < -0.3 is 0 Å². The van der Waals surface area contributed by atoms with Gasteiger partial charge in [0.05, 0.1) is 15.7 Å². The molecule has 4 heteroatoms. The van der Waals surface area contributed by atoms with E-state index in [0.29, 0.717) is 14.8 Å². The summed E-state index contributed by atoms with van der Waals surface area (Å²) in [5, 5.41) is 0. The number of halogens is 2. The molecule has 1 aliphatic heterocycles. The quantitative estimate of drug-likeness (QED) is 0.754. The number of fused-ring (bicyclic) bond motifs is 1. The van der Waals surface area contributed by atoms with Gasteiger partial charge in [0.25, 0.3) is 0 Å². The van der Waals surface area contributed by atoms with E-state index in [9.17, 15) is 8.60 Å². The van der Waals surface area contributed by atoms with E-state index in [0.717, 1.165) is 30.4 Å². The third-order valence-electron chi connectivity index (χ3n) is 3.20. The lowest BCUT2D eigenvalue weighted by molar-refractivity contribution is 0.624. The predicted molar refractivity (Wildman–Crippen MR) is 68.2 cm³/mol. The Morgan fingerprint density at radius 2 is 1.88 bits per heavy atom. The van der Waals surface area contributed by atoms with Crippen molar-refractivity contribution in [2.75, 3.05) is 0 Å². The molecule has 2 aliphatic rings. The standard InChI is InChI=1S/C13H10ClFOS/c14-13-9-6-3-5-8(9)12(17(13)16)10-4-1-2-7-11(10)15/h1-2,4,7H,3,5-6H2. The van der Waals surface area contributed by atoms with Crippen molar-refractivity contribution in [3.63, 3.8) is 0 Å². The Bertz CT molecular complexity index is 589. The van der Waals surface area contributed by atoms with Crippen molar-refractivity contribution >= 4 is 27.3 Å². The molecule has 1 aromatic rings. The van der Waals surface area contributed by atoms with Crippen molar-refractivity contribution < 1.29 is 8.60 Å². The van der Waals surface area contributed by atoms with Gasteiger partial charge in [-0.25, -0.2) is 8.60 Å². The van der Waals surface area contributed by atoms with Gasteiger partial charge in [0, 0.05) is 5.56 Å². The van der Waals surface area contributed by atoms with Gasteiger partial charge in [-0.2, -0.15) is 0 Å². The maximum Gasteiger partial charge on any atom is 0.131 e. The molecule has 1 heterocycles. The van der Waals surface area contributed by atoms with Crippen LogP contribution in [0.3, 0.4) is 0 Å². The van der Waals surface area contributed by atoms with Crippen LogP contribution in [0.4, 0.5) is 4.39 Å². The summed E-state index contributed by atoms with van der Waals surface area (Å²) >= 11 is 6.08. The fraction of sp³-hybridized carbons (Fsp3) is 0.231. The van der Waals surface area contributed by atoms with Crippen LogP contribution in [0.1, 0.15) is 24.8 Å². The van der Waals surface area contributed by atoms with Crippen LogP contribution >= 0.6 is 11.6 Å². The zero-order chi connectivity index (χ0) is 12.0. The van der Waals surface area contributed by atoms with E-state index in [2.05, 4.69) is 0 Å². The van der Waals surface area contributed by atoms with Crippen molar-refractivity contribution in [3.05, 3.63) is 51.2 Å². The number of hydrogen-bond donors (Lipinski definition) is 0. The number of allylic oxidation sites excluding steroid dienone is 2. The molecule has 0 N–H and O–H groups in total. The van der Waals surface area contributed by atoms with Gasteiger partial charge in [0.2, 0.25) is 0 Å². The topological polar surface area (TPSA) is 17.1 Å². The molecule has 1 aliphatic carbocycles. The van der Waals surface area contributed by atoms with Crippen molar-refractivity contribution in [2.24, 2.45) is 0 Å².